The molecule has 0 aliphatic carbocycles. The third kappa shape index (κ3) is 3.48. The first kappa shape index (κ1) is 13.8. The van der Waals surface area contributed by atoms with Gasteiger partial charge in [-0.05, 0) is 42.2 Å². The van der Waals surface area contributed by atoms with Crippen LogP contribution in [0, 0.1) is 0 Å². The molecule has 1 N–H and O–H groups in total. The Kier molecular flexibility index (Phi) is 4.29. The van der Waals surface area contributed by atoms with Crippen LogP contribution in [0.25, 0.3) is 0 Å². The third-order valence-corrected chi connectivity index (χ3v) is 3.84. The Morgan fingerprint density at radius 2 is 1.86 bits per heavy atom. The minimum atomic E-state index is 0.686. The minimum absolute atomic E-state index is 0.686. The quantitative estimate of drug-likeness (QED) is 0.908. The lowest BCUT2D eigenvalue weighted by Crippen LogP contribution is -2.11. The second kappa shape index (κ2) is 6.53. The van der Waals surface area contributed by atoms with Gasteiger partial charge in [-0.2, -0.15) is 0 Å². The normalized spacial score (nSPS) is 13.2. The van der Waals surface area contributed by atoms with E-state index in [9.17, 15) is 0 Å². The predicted molar refractivity (Wildman–Crippen MR) is 85.4 cm³/mol. The first-order chi connectivity index (χ1) is 10.3. The van der Waals surface area contributed by atoms with Gasteiger partial charge in [0.1, 0.15) is 11.5 Å². The molecule has 2 aromatic carbocycles. The number of hydrogen-bond donors (Lipinski definition) is 1. The van der Waals surface area contributed by atoms with Gasteiger partial charge >= 0.3 is 0 Å². The molecule has 0 saturated heterocycles. The largest absolute Gasteiger partial charge is 0.497 e. The molecule has 3 rings (SSSR count). The summed E-state index contributed by atoms with van der Waals surface area (Å²) in [5.74, 6) is 1.83. The summed E-state index contributed by atoms with van der Waals surface area (Å²) < 4.78 is 11.0. The van der Waals surface area contributed by atoms with Crippen molar-refractivity contribution in [1.29, 1.82) is 0 Å². The first-order valence-corrected chi connectivity index (χ1v) is 7.48. The number of aryl methyl sites for hydroxylation is 1. The van der Waals surface area contributed by atoms with E-state index in [1.165, 1.54) is 23.2 Å². The number of rotatable bonds is 5. The van der Waals surface area contributed by atoms with Crippen LogP contribution in [0.3, 0.4) is 0 Å². The molecule has 0 radical (unpaired) electrons. The topological polar surface area (TPSA) is 30.5 Å². The molecule has 0 saturated carbocycles. The van der Waals surface area contributed by atoms with E-state index in [1.54, 1.807) is 7.11 Å². The van der Waals surface area contributed by atoms with Crippen LogP contribution < -0.4 is 14.8 Å². The van der Waals surface area contributed by atoms with Crippen LogP contribution in [0.15, 0.2) is 42.5 Å². The summed E-state index contributed by atoms with van der Waals surface area (Å²) in [4.78, 5) is 0. The van der Waals surface area contributed by atoms with Crippen LogP contribution in [0.2, 0.25) is 0 Å². The highest BCUT2D eigenvalue weighted by Crippen LogP contribution is 2.26. The van der Waals surface area contributed by atoms with Crippen molar-refractivity contribution >= 4 is 5.69 Å². The molecule has 1 aliphatic heterocycles. The summed E-state index contributed by atoms with van der Waals surface area (Å²) >= 11 is 0. The molecule has 0 aromatic heterocycles. The number of hydrogen-bond acceptors (Lipinski definition) is 3. The highest BCUT2D eigenvalue weighted by atomic mass is 16.5. The van der Waals surface area contributed by atoms with Crippen LogP contribution in [0.4, 0.5) is 5.69 Å². The van der Waals surface area contributed by atoms with E-state index in [-0.39, 0.29) is 0 Å². The predicted octanol–water partition coefficient (Wildman–Crippen LogP) is 3.67. The van der Waals surface area contributed by atoms with Gasteiger partial charge in [-0.25, -0.2) is 0 Å². The van der Waals surface area contributed by atoms with Crippen molar-refractivity contribution in [3.63, 3.8) is 0 Å². The van der Waals surface area contributed by atoms with Crippen molar-refractivity contribution in [3.05, 3.63) is 53.6 Å². The van der Waals surface area contributed by atoms with Crippen molar-refractivity contribution in [1.82, 2.24) is 0 Å². The summed E-state index contributed by atoms with van der Waals surface area (Å²) in [6.45, 7) is 1.74. The molecule has 3 nitrogen and oxygen atoms in total. The highest BCUT2D eigenvalue weighted by molar-refractivity contribution is 5.56. The fourth-order valence-corrected chi connectivity index (χ4v) is 2.61. The molecule has 110 valence electrons. The molecular formula is C18H21NO2. The van der Waals surface area contributed by atoms with Crippen molar-refractivity contribution < 1.29 is 9.47 Å². The molecular weight excluding hydrogens is 262 g/mol. The van der Waals surface area contributed by atoms with Crippen LogP contribution >= 0.6 is 0 Å². The van der Waals surface area contributed by atoms with Crippen LogP contribution in [-0.2, 0) is 12.8 Å². The van der Waals surface area contributed by atoms with Gasteiger partial charge in [0, 0.05) is 24.7 Å². The summed E-state index contributed by atoms with van der Waals surface area (Å²) in [5, 5.41) is 3.43. The average molecular weight is 283 g/mol. The van der Waals surface area contributed by atoms with Crippen LogP contribution in [0.1, 0.15) is 17.5 Å². The molecule has 0 bridgehead atoms. The lowest BCUT2D eigenvalue weighted by atomic mass is 10.0. The van der Waals surface area contributed by atoms with Gasteiger partial charge in [0.25, 0.3) is 0 Å². The van der Waals surface area contributed by atoms with Crippen molar-refractivity contribution in [2.24, 2.45) is 0 Å². The summed E-state index contributed by atoms with van der Waals surface area (Å²) in [6, 6.07) is 14.5. The first-order valence-electron chi connectivity index (χ1n) is 7.48. The number of methoxy groups -OCH3 is 1. The van der Waals surface area contributed by atoms with Crippen molar-refractivity contribution in [2.75, 3.05) is 25.6 Å². The number of fused-ring (bicyclic) bond motifs is 1. The van der Waals surface area contributed by atoms with Gasteiger partial charge < -0.3 is 14.8 Å². The standard InChI is InChI=1S/C18H21NO2/c1-20-16-7-4-14(5-8-16)10-12-21-17-9-6-15-3-2-11-19-18(15)13-17/h4-9,13,19H,2-3,10-12H2,1H3. The summed E-state index contributed by atoms with van der Waals surface area (Å²) in [5.41, 5.74) is 3.87. The number of benzene rings is 2. The monoisotopic (exact) mass is 283 g/mol. The lowest BCUT2D eigenvalue weighted by Gasteiger charge is -2.18. The SMILES string of the molecule is COc1ccc(CCOc2ccc3c(c2)NCCC3)cc1. The maximum atomic E-state index is 5.86. The maximum absolute atomic E-state index is 5.86. The molecule has 1 heterocycles. The lowest BCUT2D eigenvalue weighted by molar-refractivity contribution is 0.322. The van der Waals surface area contributed by atoms with E-state index >= 15 is 0 Å². The molecule has 21 heavy (non-hydrogen) atoms. The number of nitrogens with one attached hydrogen (secondary N) is 1. The van der Waals surface area contributed by atoms with E-state index in [0.29, 0.717) is 6.61 Å². The third-order valence-electron chi connectivity index (χ3n) is 3.84. The zero-order valence-electron chi connectivity index (χ0n) is 12.4. The molecule has 0 spiro atoms. The fraction of sp³-hybridized carbons (Fsp3) is 0.333. The van der Waals surface area contributed by atoms with Crippen LogP contribution in [0.5, 0.6) is 11.5 Å². The Bertz CT molecular complexity index is 593. The van der Waals surface area contributed by atoms with Crippen LogP contribution in [-0.4, -0.2) is 20.3 Å². The second-order valence-electron chi connectivity index (χ2n) is 5.30. The van der Waals surface area contributed by atoms with E-state index in [1.807, 2.05) is 12.1 Å². The Hall–Kier alpha value is -2.16. The molecule has 3 heteroatoms. The van der Waals surface area contributed by atoms with Gasteiger partial charge in [0.05, 0.1) is 13.7 Å². The Balaban J connectivity index is 1.55. The Morgan fingerprint density at radius 3 is 2.67 bits per heavy atom. The smallest absolute Gasteiger partial charge is 0.121 e. The van der Waals surface area contributed by atoms with Gasteiger partial charge in [-0.15, -0.1) is 0 Å². The minimum Gasteiger partial charge on any atom is -0.497 e. The highest BCUT2D eigenvalue weighted by Gasteiger charge is 2.09. The van der Waals surface area contributed by atoms with Gasteiger partial charge in [-0.1, -0.05) is 18.2 Å². The number of ether oxygens (including phenoxy) is 2. The molecule has 0 amide bonds. The molecule has 1 aliphatic rings. The van der Waals surface area contributed by atoms with E-state index in [4.69, 9.17) is 9.47 Å². The van der Waals surface area contributed by atoms with Crippen molar-refractivity contribution in [2.45, 2.75) is 19.3 Å². The van der Waals surface area contributed by atoms with E-state index in [0.717, 1.165) is 30.9 Å². The van der Waals surface area contributed by atoms with E-state index < -0.39 is 0 Å². The fourth-order valence-electron chi connectivity index (χ4n) is 2.61. The average Bonchev–Trinajstić information content (AvgIpc) is 2.55. The van der Waals surface area contributed by atoms with E-state index in [2.05, 4.69) is 35.6 Å². The molecule has 0 atom stereocenters. The zero-order chi connectivity index (χ0) is 14.5. The van der Waals surface area contributed by atoms with Gasteiger partial charge in [0.15, 0.2) is 0 Å². The summed E-state index contributed by atoms with van der Waals surface area (Å²) in [6.07, 6.45) is 3.27. The Morgan fingerprint density at radius 1 is 1.05 bits per heavy atom. The molecule has 0 unspecified atom stereocenters. The van der Waals surface area contributed by atoms with Crippen molar-refractivity contribution in [3.8, 4) is 11.5 Å². The number of anilines is 1. The van der Waals surface area contributed by atoms with Gasteiger partial charge in [-0.3, -0.25) is 0 Å². The molecule has 0 fully saturated rings. The molecule has 2 aromatic rings. The second-order valence-corrected chi connectivity index (χ2v) is 5.30. The zero-order valence-corrected chi connectivity index (χ0v) is 12.4. The maximum Gasteiger partial charge on any atom is 0.121 e. The Labute approximate surface area is 125 Å². The van der Waals surface area contributed by atoms with Gasteiger partial charge in [0.2, 0.25) is 0 Å². The summed E-state index contributed by atoms with van der Waals surface area (Å²) in [7, 11) is 1.68.